The Balaban J connectivity index is 2.96. The van der Waals surface area contributed by atoms with Gasteiger partial charge in [0.25, 0.3) is 0 Å². The minimum absolute atomic E-state index is 0.222. The van der Waals surface area contributed by atoms with E-state index in [1.54, 1.807) is 0 Å². The minimum Gasteiger partial charge on any atom is -0.370 e. The van der Waals surface area contributed by atoms with Crippen molar-refractivity contribution in [2.75, 3.05) is 5.32 Å². The second-order valence-corrected chi connectivity index (χ2v) is 5.25. The molecule has 0 fully saturated rings. The molecule has 0 aliphatic rings. The summed E-state index contributed by atoms with van der Waals surface area (Å²) in [6.07, 6.45) is 3.36. The summed E-state index contributed by atoms with van der Waals surface area (Å²) in [7, 11) is 0. The Morgan fingerprint density at radius 1 is 1.50 bits per heavy atom. The molecule has 0 atom stereocenters. The van der Waals surface area contributed by atoms with Gasteiger partial charge in [0.05, 0.1) is 0 Å². The van der Waals surface area contributed by atoms with Crippen molar-refractivity contribution in [2.24, 2.45) is 5.73 Å². The van der Waals surface area contributed by atoms with Crippen LogP contribution in [0.3, 0.4) is 0 Å². The summed E-state index contributed by atoms with van der Waals surface area (Å²) in [5, 5.41) is 3.66. The molecule has 18 heavy (non-hydrogen) atoms. The Hall–Kier alpha value is -1.36. The Morgan fingerprint density at radius 3 is 2.72 bits per heavy atom. The Bertz CT molecular complexity index is 434. The molecule has 0 bridgehead atoms. The van der Waals surface area contributed by atoms with Gasteiger partial charge >= 0.3 is 0 Å². The third-order valence-corrected chi connectivity index (χ3v) is 2.79. The number of hydrogen-bond donors (Lipinski definition) is 2. The van der Waals surface area contributed by atoms with E-state index in [1.165, 1.54) is 6.33 Å². The van der Waals surface area contributed by atoms with E-state index in [9.17, 15) is 4.79 Å². The normalized spacial score (nSPS) is 11.3. The van der Waals surface area contributed by atoms with Crippen LogP contribution in [0.25, 0.3) is 0 Å². The monoisotopic (exact) mass is 270 g/mol. The van der Waals surface area contributed by atoms with Gasteiger partial charge in [-0.3, -0.25) is 4.79 Å². The molecule has 5 nitrogen and oxygen atoms in total. The summed E-state index contributed by atoms with van der Waals surface area (Å²) in [5.41, 5.74) is 5.63. The van der Waals surface area contributed by atoms with Crippen molar-refractivity contribution in [1.29, 1.82) is 0 Å². The van der Waals surface area contributed by atoms with Crippen molar-refractivity contribution >= 4 is 23.3 Å². The highest BCUT2D eigenvalue weighted by molar-refractivity contribution is 6.30. The second-order valence-electron chi connectivity index (χ2n) is 4.89. The van der Waals surface area contributed by atoms with Gasteiger partial charge in [-0.2, -0.15) is 0 Å². The van der Waals surface area contributed by atoms with Crippen molar-refractivity contribution in [3.8, 4) is 0 Å². The topological polar surface area (TPSA) is 80.9 Å². The SMILES string of the molecule is CCCc1c(Cl)ncnc1NC(C)(C)CC(N)=O. The molecule has 100 valence electrons. The zero-order valence-corrected chi connectivity index (χ0v) is 11.7. The minimum atomic E-state index is -0.466. The fraction of sp³-hybridized carbons (Fsp3) is 0.583. The van der Waals surface area contributed by atoms with Gasteiger partial charge in [0, 0.05) is 17.5 Å². The van der Waals surface area contributed by atoms with Crippen molar-refractivity contribution in [2.45, 2.75) is 45.6 Å². The van der Waals surface area contributed by atoms with Crippen LogP contribution in [0.2, 0.25) is 5.15 Å². The Labute approximate surface area is 112 Å². The van der Waals surface area contributed by atoms with E-state index in [-0.39, 0.29) is 12.3 Å². The molecule has 6 heteroatoms. The fourth-order valence-corrected chi connectivity index (χ4v) is 2.00. The number of anilines is 1. The van der Waals surface area contributed by atoms with E-state index < -0.39 is 5.54 Å². The van der Waals surface area contributed by atoms with Crippen LogP contribution in [0.1, 0.15) is 39.2 Å². The number of rotatable bonds is 6. The summed E-state index contributed by atoms with van der Waals surface area (Å²) in [6, 6.07) is 0. The number of halogens is 1. The van der Waals surface area contributed by atoms with E-state index in [0.717, 1.165) is 18.4 Å². The maximum absolute atomic E-state index is 11.0. The van der Waals surface area contributed by atoms with Gasteiger partial charge in [0.2, 0.25) is 5.91 Å². The molecule has 0 aliphatic carbocycles. The number of amides is 1. The molecule has 0 aliphatic heterocycles. The average molecular weight is 271 g/mol. The summed E-state index contributed by atoms with van der Waals surface area (Å²) in [4.78, 5) is 19.2. The smallest absolute Gasteiger partial charge is 0.219 e. The quantitative estimate of drug-likeness (QED) is 0.776. The lowest BCUT2D eigenvalue weighted by molar-refractivity contribution is -0.118. The van der Waals surface area contributed by atoms with Crippen LogP contribution in [0.15, 0.2) is 6.33 Å². The molecule has 0 saturated carbocycles. The largest absolute Gasteiger partial charge is 0.370 e. The Kier molecular flexibility index (Phi) is 4.90. The predicted molar refractivity (Wildman–Crippen MR) is 72.6 cm³/mol. The zero-order valence-electron chi connectivity index (χ0n) is 11.0. The maximum Gasteiger partial charge on any atom is 0.219 e. The first-order valence-corrected chi connectivity index (χ1v) is 6.29. The highest BCUT2D eigenvalue weighted by Crippen LogP contribution is 2.25. The van der Waals surface area contributed by atoms with Gasteiger partial charge < -0.3 is 11.1 Å². The molecule has 0 radical (unpaired) electrons. The van der Waals surface area contributed by atoms with Gasteiger partial charge in [0.15, 0.2) is 0 Å². The number of nitrogens with zero attached hydrogens (tertiary/aromatic N) is 2. The van der Waals surface area contributed by atoms with Crippen LogP contribution >= 0.6 is 11.6 Å². The average Bonchev–Trinajstić information content (AvgIpc) is 2.20. The molecule has 0 saturated heterocycles. The highest BCUT2D eigenvalue weighted by atomic mass is 35.5. The molecular weight excluding hydrogens is 252 g/mol. The molecule has 1 heterocycles. The van der Waals surface area contributed by atoms with Gasteiger partial charge in [-0.1, -0.05) is 24.9 Å². The molecule has 1 aromatic heterocycles. The number of nitrogens with two attached hydrogens (primary N) is 1. The van der Waals surface area contributed by atoms with Gasteiger partial charge in [0.1, 0.15) is 17.3 Å². The number of primary amides is 1. The van der Waals surface area contributed by atoms with Gasteiger partial charge in [-0.25, -0.2) is 9.97 Å². The molecule has 0 unspecified atom stereocenters. The van der Waals surface area contributed by atoms with E-state index >= 15 is 0 Å². The molecule has 1 aromatic rings. The number of aromatic nitrogens is 2. The number of carbonyl (C=O) groups excluding carboxylic acids is 1. The lowest BCUT2D eigenvalue weighted by Crippen LogP contribution is -2.36. The standard InChI is InChI=1S/C12H19ClN4O/c1-4-5-8-10(13)15-7-16-11(8)17-12(2,3)6-9(14)18/h7H,4-6H2,1-3H3,(H2,14,18)(H,15,16,17). The first-order chi connectivity index (χ1) is 8.35. The van der Waals surface area contributed by atoms with Crippen LogP contribution in [-0.2, 0) is 11.2 Å². The molecular formula is C12H19ClN4O. The van der Waals surface area contributed by atoms with Crippen molar-refractivity contribution in [3.05, 3.63) is 17.0 Å². The summed E-state index contributed by atoms with van der Waals surface area (Å²) in [6.45, 7) is 5.84. The van der Waals surface area contributed by atoms with Crippen LogP contribution in [0, 0.1) is 0 Å². The third kappa shape index (κ3) is 4.14. The van der Waals surface area contributed by atoms with Crippen LogP contribution in [0.5, 0.6) is 0 Å². The lowest BCUT2D eigenvalue weighted by Gasteiger charge is -2.26. The first kappa shape index (κ1) is 14.7. The summed E-state index contributed by atoms with van der Waals surface area (Å²) < 4.78 is 0. The van der Waals surface area contributed by atoms with Crippen LogP contribution < -0.4 is 11.1 Å². The molecule has 3 N–H and O–H groups in total. The van der Waals surface area contributed by atoms with Crippen molar-refractivity contribution < 1.29 is 4.79 Å². The molecule has 1 rings (SSSR count). The van der Waals surface area contributed by atoms with Crippen molar-refractivity contribution in [1.82, 2.24) is 9.97 Å². The molecule has 1 amide bonds. The number of hydrogen-bond acceptors (Lipinski definition) is 4. The second kappa shape index (κ2) is 6.00. The van der Waals surface area contributed by atoms with Gasteiger partial charge in [-0.15, -0.1) is 0 Å². The Morgan fingerprint density at radius 2 is 2.17 bits per heavy atom. The van der Waals surface area contributed by atoms with Crippen molar-refractivity contribution in [3.63, 3.8) is 0 Å². The number of nitrogens with one attached hydrogen (secondary N) is 1. The predicted octanol–water partition coefficient (Wildman–Crippen LogP) is 2.15. The van der Waals surface area contributed by atoms with E-state index in [2.05, 4.69) is 22.2 Å². The zero-order chi connectivity index (χ0) is 13.8. The fourth-order valence-electron chi connectivity index (χ4n) is 1.77. The number of carbonyl (C=O) groups is 1. The van der Waals surface area contributed by atoms with E-state index in [4.69, 9.17) is 17.3 Å². The van der Waals surface area contributed by atoms with Crippen LogP contribution in [0.4, 0.5) is 5.82 Å². The van der Waals surface area contributed by atoms with E-state index in [0.29, 0.717) is 11.0 Å². The summed E-state index contributed by atoms with van der Waals surface area (Å²) in [5.74, 6) is 0.313. The van der Waals surface area contributed by atoms with Crippen LogP contribution in [-0.4, -0.2) is 21.4 Å². The molecule has 0 spiro atoms. The summed E-state index contributed by atoms with van der Waals surface area (Å²) >= 11 is 6.06. The van der Waals surface area contributed by atoms with E-state index in [1.807, 2.05) is 13.8 Å². The maximum atomic E-state index is 11.0. The third-order valence-electron chi connectivity index (χ3n) is 2.47. The van der Waals surface area contributed by atoms with Gasteiger partial charge in [-0.05, 0) is 20.3 Å². The molecule has 0 aromatic carbocycles. The lowest BCUT2D eigenvalue weighted by atomic mass is 10.00. The first-order valence-electron chi connectivity index (χ1n) is 5.91. The highest BCUT2D eigenvalue weighted by Gasteiger charge is 2.22.